The van der Waals surface area contributed by atoms with Crippen molar-refractivity contribution in [2.75, 3.05) is 0 Å². The van der Waals surface area contributed by atoms with E-state index in [-0.39, 0.29) is 5.92 Å². The fourth-order valence-corrected chi connectivity index (χ4v) is 4.88. The Morgan fingerprint density at radius 1 is 1.33 bits per heavy atom. The lowest BCUT2D eigenvalue weighted by atomic mass is 9.79. The van der Waals surface area contributed by atoms with Gasteiger partial charge < -0.3 is 9.67 Å². The molecule has 3 rings (SSSR count). The van der Waals surface area contributed by atoms with E-state index in [0.717, 1.165) is 11.1 Å². The average Bonchev–Trinajstić information content (AvgIpc) is 2.92. The molecule has 1 N–H and O–H groups in total. The third kappa shape index (κ3) is 3.28. The summed E-state index contributed by atoms with van der Waals surface area (Å²) in [6.07, 6.45) is 5.65. The summed E-state index contributed by atoms with van der Waals surface area (Å²) < 4.78 is 2.69. The van der Waals surface area contributed by atoms with E-state index in [4.69, 9.17) is 0 Å². The van der Waals surface area contributed by atoms with Crippen LogP contribution in [-0.4, -0.2) is 15.6 Å². The molecule has 0 unspecified atom stereocenters. The molecular formula is C21H20Br2N2O2. The highest BCUT2D eigenvalue weighted by Crippen LogP contribution is 2.75. The van der Waals surface area contributed by atoms with Crippen LogP contribution < -0.4 is 0 Å². The van der Waals surface area contributed by atoms with Crippen LogP contribution in [0.2, 0.25) is 0 Å². The highest BCUT2D eigenvalue weighted by molar-refractivity contribution is 9.28. The fourth-order valence-electron chi connectivity index (χ4n) is 4.35. The number of carboxylic acids is 1. The average molecular weight is 492 g/mol. The molecule has 0 radical (unpaired) electrons. The van der Waals surface area contributed by atoms with Gasteiger partial charge in [0.2, 0.25) is 0 Å². The summed E-state index contributed by atoms with van der Waals surface area (Å²) in [6, 6.07) is 14.2. The first kappa shape index (κ1) is 19.9. The molecule has 27 heavy (non-hydrogen) atoms. The number of carboxylic acid groups (broad SMARTS) is 1. The number of benzene rings is 1. The van der Waals surface area contributed by atoms with Gasteiger partial charge in [-0.15, -0.1) is 0 Å². The molecule has 4 nitrogen and oxygen atoms in total. The molecule has 0 spiro atoms. The predicted octanol–water partition coefficient (Wildman–Crippen LogP) is 5.50. The summed E-state index contributed by atoms with van der Waals surface area (Å²) in [7, 11) is 0. The van der Waals surface area contributed by atoms with Gasteiger partial charge in [0.05, 0.1) is 15.4 Å². The quantitative estimate of drug-likeness (QED) is 0.579. The maximum absolute atomic E-state index is 12.3. The zero-order valence-electron chi connectivity index (χ0n) is 15.1. The van der Waals surface area contributed by atoms with Gasteiger partial charge >= 0.3 is 5.97 Å². The molecule has 1 aliphatic carbocycles. The summed E-state index contributed by atoms with van der Waals surface area (Å²) >= 11 is 6.67. The smallest absolute Gasteiger partial charge is 0.312 e. The Morgan fingerprint density at radius 3 is 2.56 bits per heavy atom. The van der Waals surface area contributed by atoms with Gasteiger partial charge in [-0.2, -0.15) is 5.26 Å². The van der Waals surface area contributed by atoms with Gasteiger partial charge in [0, 0.05) is 24.9 Å². The minimum Gasteiger partial charge on any atom is -0.481 e. The number of carbonyl (C=O) groups is 1. The lowest BCUT2D eigenvalue weighted by Crippen LogP contribution is -2.28. The lowest BCUT2D eigenvalue weighted by Gasteiger charge is -2.20. The van der Waals surface area contributed by atoms with E-state index in [9.17, 15) is 15.2 Å². The second-order valence-electron chi connectivity index (χ2n) is 7.49. The molecule has 1 aromatic heterocycles. The van der Waals surface area contributed by atoms with Crippen molar-refractivity contribution >= 4 is 37.8 Å². The van der Waals surface area contributed by atoms with Crippen LogP contribution in [0.25, 0.3) is 0 Å². The monoisotopic (exact) mass is 490 g/mol. The van der Waals surface area contributed by atoms with Crippen LogP contribution >= 0.6 is 31.9 Å². The van der Waals surface area contributed by atoms with E-state index in [0.29, 0.717) is 9.94 Å². The Balaban J connectivity index is 1.96. The summed E-state index contributed by atoms with van der Waals surface area (Å²) in [6.45, 7) is 4.51. The van der Waals surface area contributed by atoms with Gasteiger partial charge in [0.1, 0.15) is 5.41 Å². The number of hydrogen-bond donors (Lipinski definition) is 1. The van der Waals surface area contributed by atoms with Crippen molar-refractivity contribution < 1.29 is 9.90 Å². The first-order valence-corrected chi connectivity index (χ1v) is 10.2. The maximum Gasteiger partial charge on any atom is 0.312 e. The molecule has 1 aromatic carbocycles. The van der Waals surface area contributed by atoms with E-state index in [1.165, 1.54) is 0 Å². The second kappa shape index (κ2) is 7.29. The largest absolute Gasteiger partial charge is 0.481 e. The molecule has 0 amide bonds. The third-order valence-corrected chi connectivity index (χ3v) is 6.33. The molecule has 2 aromatic rings. The van der Waals surface area contributed by atoms with E-state index < -0.39 is 22.7 Å². The van der Waals surface area contributed by atoms with E-state index in [1.807, 2.05) is 73.3 Å². The summed E-state index contributed by atoms with van der Waals surface area (Å²) in [5.41, 5.74) is 0.198. The number of nitrogens with zero attached hydrogens (tertiary/aromatic N) is 2. The number of nitriles is 1. The molecule has 0 bridgehead atoms. The number of allylic oxidation sites excluding steroid dienone is 1. The molecule has 1 fully saturated rings. The predicted molar refractivity (Wildman–Crippen MR) is 112 cm³/mol. The Bertz CT molecular complexity index is 923. The normalized spacial score (nSPS) is 23.9. The van der Waals surface area contributed by atoms with Crippen LogP contribution in [-0.2, 0) is 11.3 Å². The molecule has 1 heterocycles. The zero-order chi connectivity index (χ0) is 19.8. The van der Waals surface area contributed by atoms with Crippen LogP contribution in [0.3, 0.4) is 0 Å². The van der Waals surface area contributed by atoms with E-state index in [2.05, 4.69) is 37.9 Å². The topological polar surface area (TPSA) is 66.0 Å². The molecule has 0 aliphatic heterocycles. The van der Waals surface area contributed by atoms with Crippen molar-refractivity contribution in [3.63, 3.8) is 0 Å². The van der Waals surface area contributed by atoms with Crippen LogP contribution in [0.4, 0.5) is 0 Å². The Kier molecular flexibility index (Phi) is 5.38. The summed E-state index contributed by atoms with van der Waals surface area (Å²) in [4.78, 5) is 12.3. The van der Waals surface area contributed by atoms with Gasteiger partial charge in [-0.25, -0.2) is 0 Å². The number of rotatable bonds is 6. The molecule has 140 valence electrons. The molecule has 6 heteroatoms. The standard InChI is InChI=1S/C21H20Br2N2O2/c1-20(2)17(10-18(22)23)21(20,19(26)27)16(11-24)15-8-9-25(13-15)12-14-6-4-3-5-7-14/h3-10,13,16-17H,12H2,1-2H3,(H,26,27)/t16-,17-,21+/m0/s1. The second-order valence-corrected chi connectivity index (χ2v) is 10.3. The van der Waals surface area contributed by atoms with Gasteiger partial charge in [0.25, 0.3) is 0 Å². The number of aliphatic carboxylic acids is 1. The molecule has 0 saturated heterocycles. The zero-order valence-corrected chi connectivity index (χ0v) is 18.2. The van der Waals surface area contributed by atoms with Crippen molar-refractivity contribution in [3.8, 4) is 6.07 Å². The third-order valence-electron chi connectivity index (χ3n) is 5.80. The Morgan fingerprint density at radius 2 is 2.00 bits per heavy atom. The molecule has 3 atom stereocenters. The van der Waals surface area contributed by atoms with Gasteiger partial charge in [-0.3, -0.25) is 4.79 Å². The molecular weight excluding hydrogens is 472 g/mol. The van der Waals surface area contributed by atoms with Crippen LogP contribution in [0.1, 0.15) is 30.9 Å². The highest BCUT2D eigenvalue weighted by Gasteiger charge is 2.78. The van der Waals surface area contributed by atoms with E-state index >= 15 is 0 Å². The van der Waals surface area contributed by atoms with Crippen LogP contribution in [0.5, 0.6) is 0 Å². The Hall–Kier alpha value is -1.84. The van der Waals surface area contributed by atoms with Crippen molar-refractivity contribution in [1.82, 2.24) is 4.57 Å². The van der Waals surface area contributed by atoms with Crippen LogP contribution in [0.15, 0.2) is 58.3 Å². The number of aromatic nitrogens is 1. The maximum atomic E-state index is 12.3. The van der Waals surface area contributed by atoms with Crippen LogP contribution in [0, 0.1) is 28.1 Å². The highest BCUT2D eigenvalue weighted by atomic mass is 79.9. The summed E-state index contributed by atoms with van der Waals surface area (Å²) in [5.74, 6) is -1.92. The molecule has 1 saturated carbocycles. The minimum absolute atomic E-state index is 0.252. The Labute approximate surface area is 175 Å². The van der Waals surface area contributed by atoms with Gasteiger partial charge in [-0.1, -0.05) is 50.3 Å². The number of hydrogen-bond acceptors (Lipinski definition) is 2. The van der Waals surface area contributed by atoms with Crippen molar-refractivity contribution in [2.24, 2.45) is 16.7 Å². The van der Waals surface area contributed by atoms with Crippen molar-refractivity contribution in [2.45, 2.75) is 26.3 Å². The van der Waals surface area contributed by atoms with E-state index in [1.54, 1.807) is 0 Å². The lowest BCUT2D eigenvalue weighted by molar-refractivity contribution is -0.145. The number of halogens is 2. The minimum atomic E-state index is -1.16. The van der Waals surface area contributed by atoms with Gasteiger partial charge in [-0.05, 0) is 54.5 Å². The van der Waals surface area contributed by atoms with Crippen molar-refractivity contribution in [3.05, 3.63) is 69.4 Å². The molecule has 1 aliphatic rings. The van der Waals surface area contributed by atoms with Crippen molar-refractivity contribution in [1.29, 1.82) is 5.26 Å². The first-order valence-electron chi connectivity index (χ1n) is 8.60. The van der Waals surface area contributed by atoms with Gasteiger partial charge in [0.15, 0.2) is 0 Å². The fraction of sp³-hybridized carbons (Fsp3) is 0.333. The first-order chi connectivity index (χ1) is 12.7. The summed E-state index contributed by atoms with van der Waals surface area (Å²) in [5, 5.41) is 20.0. The SMILES string of the molecule is CC1(C)[C@H](C=C(Br)Br)[C@@]1(C(=O)O)[C@@H](C#N)c1ccn(Cc2ccccc2)c1.